The van der Waals surface area contributed by atoms with Crippen LogP contribution < -0.4 is 5.32 Å². The van der Waals surface area contributed by atoms with Gasteiger partial charge in [0.1, 0.15) is 0 Å². The Kier molecular flexibility index (Phi) is 3.57. The van der Waals surface area contributed by atoms with Gasteiger partial charge in [0.15, 0.2) is 0 Å². The van der Waals surface area contributed by atoms with Crippen molar-refractivity contribution in [3.05, 3.63) is 17.5 Å². The molecule has 1 saturated heterocycles. The predicted octanol–water partition coefficient (Wildman–Crippen LogP) is 2.44. The summed E-state index contributed by atoms with van der Waals surface area (Å²) in [6.07, 6.45) is 7.05. The second-order valence-electron chi connectivity index (χ2n) is 5.96. The summed E-state index contributed by atoms with van der Waals surface area (Å²) in [5.41, 5.74) is 3.03. The summed E-state index contributed by atoms with van der Waals surface area (Å²) < 4.78 is 1.98. The van der Waals surface area contributed by atoms with Crippen molar-refractivity contribution >= 4 is 0 Å². The van der Waals surface area contributed by atoms with E-state index in [0.717, 1.165) is 12.3 Å². The van der Waals surface area contributed by atoms with Crippen LogP contribution in [0, 0.1) is 12.8 Å². The molecule has 0 radical (unpaired) electrons. The lowest BCUT2D eigenvalue weighted by atomic mass is 9.82. The molecule has 0 amide bonds. The first-order chi connectivity index (χ1) is 8.02. The molecule has 3 nitrogen and oxygen atoms in total. The Morgan fingerprint density at radius 2 is 2.29 bits per heavy atom. The number of hydrogen-bond donors (Lipinski definition) is 1. The Morgan fingerprint density at radius 1 is 1.53 bits per heavy atom. The molecule has 1 aromatic rings. The second-order valence-corrected chi connectivity index (χ2v) is 5.96. The Morgan fingerprint density at radius 3 is 2.76 bits per heavy atom. The summed E-state index contributed by atoms with van der Waals surface area (Å²) in [5, 5.41) is 8.11. The van der Waals surface area contributed by atoms with Gasteiger partial charge in [-0.3, -0.25) is 4.68 Å². The van der Waals surface area contributed by atoms with E-state index < -0.39 is 0 Å². The Balaban J connectivity index is 2.15. The Hall–Kier alpha value is -0.830. The van der Waals surface area contributed by atoms with Crippen molar-refractivity contribution in [2.45, 2.75) is 52.0 Å². The van der Waals surface area contributed by atoms with Gasteiger partial charge in [-0.25, -0.2) is 0 Å². The van der Waals surface area contributed by atoms with Gasteiger partial charge in [0.05, 0.1) is 6.20 Å². The van der Waals surface area contributed by atoms with Crippen LogP contribution in [0.5, 0.6) is 0 Å². The average Bonchev–Trinajstić information content (AvgIpc) is 2.80. The molecular weight excluding hydrogens is 210 g/mol. The highest BCUT2D eigenvalue weighted by Crippen LogP contribution is 2.31. The molecule has 1 unspecified atom stereocenters. The van der Waals surface area contributed by atoms with E-state index in [4.69, 9.17) is 0 Å². The van der Waals surface area contributed by atoms with Crippen LogP contribution in [0.4, 0.5) is 0 Å². The van der Waals surface area contributed by atoms with Crippen LogP contribution in [-0.4, -0.2) is 21.9 Å². The smallest absolute Gasteiger partial charge is 0.0525 e. The highest BCUT2D eigenvalue weighted by molar-refractivity contribution is 5.20. The highest BCUT2D eigenvalue weighted by Gasteiger charge is 2.34. The first-order valence-electron chi connectivity index (χ1n) is 6.75. The molecular formula is C14H25N3. The van der Waals surface area contributed by atoms with Gasteiger partial charge in [-0.2, -0.15) is 5.10 Å². The van der Waals surface area contributed by atoms with E-state index in [0.29, 0.717) is 5.54 Å². The van der Waals surface area contributed by atoms with Gasteiger partial charge in [0.2, 0.25) is 0 Å². The number of nitrogens with one attached hydrogen (secondary N) is 1. The molecule has 1 N–H and O–H groups in total. The molecule has 0 aromatic carbocycles. The van der Waals surface area contributed by atoms with Gasteiger partial charge in [-0.1, -0.05) is 13.8 Å². The number of rotatable bonds is 4. The molecule has 3 heteroatoms. The first-order valence-corrected chi connectivity index (χ1v) is 6.75. The largest absolute Gasteiger partial charge is 0.311 e. The van der Waals surface area contributed by atoms with E-state index in [2.05, 4.69) is 31.2 Å². The zero-order valence-corrected chi connectivity index (χ0v) is 11.6. The van der Waals surface area contributed by atoms with Gasteiger partial charge in [-0.15, -0.1) is 0 Å². The molecule has 1 aromatic heterocycles. The maximum atomic E-state index is 4.36. The van der Waals surface area contributed by atoms with E-state index in [1.807, 2.05) is 17.9 Å². The molecule has 1 atom stereocenters. The summed E-state index contributed by atoms with van der Waals surface area (Å²) in [5.74, 6) is 0.748. The average molecular weight is 235 g/mol. The van der Waals surface area contributed by atoms with Gasteiger partial charge < -0.3 is 5.32 Å². The molecule has 0 saturated carbocycles. The standard InChI is InChI=1S/C14H25N3/c1-11(2)8-14(6-5-7-15-14)9-13-10-16-17(4)12(13)3/h10-11,15H,5-9H2,1-4H3. The van der Waals surface area contributed by atoms with E-state index in [9.17, 15) is 0 Å². The molecule has 1 fully saturated rings. The third kappa shape index (κ3) is 2.71. The first kappa shape index (κ1) is 12.6. The summed E-state index contributed by atoms with van der Waals surface area (Å²) in [7, 11) is 2.02. The predicted molar refractivity (Wildman–Crippen MR) is 71.1 cm³/mol. The number of hydrogen-bond acceptors (Lipinski definition) is 2. The van der Waals surface area contributed by atoms with Crippen molar-refractivity contribution in [2.24, 2.45) is 13.0 Å². The quantitative estimate of drug-likeness (QED) is 0.868. The summed E-state index contributed by atoms with van der Waals surface area (Å²) in [6.45, 7) is 7.97. The number of nitrogens with zero attached hydrogens (tertiary/aromatic N) is 2. The maximum Gasteiger partial charge on any atom is 0.0525 e. The van der Waals surface area contributed by atoms with Crippen molar-refractivity contribution in [2.75, 3.05) is 6.54 Å². The fourth-order valence-corrected chi connectivity index (χ4v) is 3.13. The molecule has 0 aliphatic carbocycles. The molecule has 0 spiro atoms. The van der Waals surface area contributed by atoms with Crippen molar-refractivity contribution in [3.63, 3.8) is 0 Å². The SMILES string of the molecule is Cc1c(CC2(CC(C)C)CCCN2)cnn1C. The van der Waals surface area contributed by atoms with Crippen molar-refractivity contribution < 1.29 is 0 Å². The van der Waals surface area contributed by atoms with Crippen LogP contribution in [0.25, 0.3) is 0 Å². The molecule has 1 aliphatic heterocycles. The van der Waals surface area contributed by atoms with E-state index in [-0.39, 0.29) is 0 Å². The molecule has 2 rings (SSSR count). The fourth-order valence-electron chi connectivity index (χ4n) is 3.13. The molecule has 17 heavy (non-hydrogen) atoms. The van der Waals surface area contributed by atoms with Crippen LogP contribution in [0.3, 0.4) is 0 Å². The minimum Gasteiger partial charge on any atom is -0.311 e. The van der Waals surface area contributed by atoms with Gasteiger partial charge in [-0.05, 0) is 50.6 Å². The lowest BCUT2D eigenvalue weighted by molar-refractivity contribution is 0.301. The lowest BCUT2D eigenvalue weighted by Gasteiger charge is -2.31. The van der Waals surface area contributed by atoms with Gasteiger partial charge in [0, 0.05) is 18.3 Å². The fraction of sp³-hybridized carbons (Fsp3) is 0.786. The topological polar surface area (TPSA) is 29.9 Å². The maximum absolute atomic E-state index is 4.36. The second kappa shape index (κ2) is 4.81. The lowest BCUT2D eigenvalue weighted by Crippen LogP contribution is -2.43. The summed E-state index contributed by atoms with van der Waals surface area (Å²) in [6, 6.07) is 0. The zero-order chi connectivity index (χ0) is 12.5. The molecule has 1 aliphatic rings. The van der Waals surface area contributed by atoms with Crippen LogP contribution in [0.2, 0.25) is 0 Å². The van der Waals surface area contributed by atoms with Crippen molar-refractivity contribution in [1.82, 2.24) is 15.1 Å². The normalized spacial score (nSPS) is 24.8. The van der Waals surface area contributed by atoms with Gasteiger partial charge in [0.25, 0.3) is 0 Å². The summed E-state index contributed by atoms with van der Waals surface area (Å²) >= 11 is 0. The Labute approximate surface area is 105 Å². The van der Waals surface area contributed by atoms with Crippen LogP contribution in [0.1, 0.15) is 44.4 Å². The van der Waals surface area contributed by atoms with Crippen molar-refractivity contribution in [3.8, 4) is 0 Å². The molecule has 0 bridgehead atoms. The number of aryl methyl sites for hydroxylation is 1. The molecule has 2 heterocycles. The zero-order valence-electron chi connectivity index (χ0n) is 11.6. The summed E-state index contributed by atoms with van der Waals surface area (Å²) in [4.78, 5) is 0. The van der Waals surface area contributed by atoms with E-state index >= 15 is 0 Å². The minimum atomic E-state index is 0.321. The van der Waals surface area contributed by atoms with Crippen molar-refractivity contribution in [1.29, 1.82) is 0 Å². The van der Waals surface area contributed by atoms with Gasteiger partial charge >= 0.3 is 0 Å². The van der Waals surface area contributed by atoms with E-state index in [1.165, 1.54) is 37.1 Å². The van der Waals surface area contributed by atoms with E-state index in [1.54, 1.807) is 0 Å². The highest BCUT2D eigenvalue weighted by atomic mass is 15.3. The van der Waals surface area contributed by atoms with Crippen LogP contribution in [0.15, 0.2) is 6.20 Å². The van der Waals surface area contributed by atoms with Crippen LogP contribution in [-0.2, 0) is 13.5 Å². The minimum absolute atomic E-state index is 0.321. The van der Waals surface area contributed by atoms with Crippen LogP contribution >= 0.6 is 0 Å². The monoisotopic (exact) mass is 235 g/mol. The third-order valence-corrected chi connectivity index (χ3v) is 4.00. The number of aromatic nitrogens is 2. The third-order valence-electron chi connectivity index (χ3n) is 4.00. The Bertz CT molecular complexity index is 373. The molecule has 96 valence electrons.